The second kappa shape index (κ2) is 3.58. The van der Waals surface area contributed by atoms with Crippen molar-refractivity contribution >= 4 is 17.2 Å². The highest BCUT2D eigenvalue weighted by Crippen LogP contribution is 2.48. The van der Waals surface area contributed by atoms with Crippen molar-refractivity contribution in [2.75, 3.05) is 6.54 Å². The van der Waals surface area contributed by atoms with Crippen molar-refractivity contribution in [2.45, 2.75) is 32.2 Å². The molecular weight excluding hydrogens is 232 g/mol. The van der Waals surface area contributed by atoms with Gasteiger partial charge in [0.1, 0.15) is 5.41 Å². The van der Waals surface area contributed by atoms with Crippen LogP contribution >= 0.6 is 11.3 Å². The molecule has 4 heteroatoms. The Balaban J connectivity index is 1.88. The van der Waals surface area contributed by atoms with E-state index in [4.69, 9.17) is 5.26 Å². The third-order valence-corrected chi connectivity index (χ3v) is 4.91. The molecule has 1 aliphatic heterocycles. The van der Waals surface area contributed by atoms with E-state index >= 15 is 0 Å². The molecule has 1 amide bonds. The molecule has 0 saturated heterocycles. The number of carbonyl (C=O) groups is 1. The van der Waals surface area contributed by atoms with E-state index in [-0.39, 0.29) is 11.9 Å². The van der Waals surface area contributed by atoms with Crippen molar-refractivity contribution in [1.29, 1.82) is 5.26 Å². The van der Waals surface area contributed by atoms with Crippen LogP contribution in [-0.2, 0) is 11.2 Å². The molecule has 1 saturated carbocycles. The van der Waals surface area contributed by atoms with Crippen LogP contribution in [0.25, 0.3) is 0 Å². The molecule has 2 aliphatic rings. The number of amides is 1. The van der Waals surface area contributed by atoms with Crippen LogP contribution in [0.4, 0.5) is 0 Å². The zero-order valence-corrected chi connectivity index (χ0v) is 10.6. The molecule has 3 rings (SSSR count). The number of rotatable bonds is 1. The molecule has 3 nitrogen and oxygen atoms in total. The zero-order chi connectivity index (χ0) is 12.0. The van der Waals surface area contributed by atoms with E-state index in [2.05, 4.69) is 24.4 Å². The molecule has 1 aromatic heterocycles. The highest BCUT2D eigenvalue weighted by molar-refractivity contribution is 7.10. The van der Waals surface area contributed by atoms with Crippen molar-refractivity contribution in [1.82, 2.24) is 4.90 Å². The number of hydrogen-bond acceptors (Lipinski definition) is 3. The fraction of sp³-hybridized carbons (Fsp3) is 0.538. The van der Waals surface area contributed by atoms with E-state index in [0.29, 0.717) is 0 Å². The Bertz CT molecular complexity index is 510. The lowest BCUT2D eigenvalue weighted by atomic mass is 9.98. The lowest BCUT2D eigenvalue weighted by Crippen LogP contribution is -2.42. The van der Waals surface area contributed by atoms with Crippen molar-refractivity contribution in [3.05, 3.63) is 21.9 Å². The lowest BCUT2D eigenvalue weighted by Gasteiger charge is -2.35. The summed E-state index contributed by atoms with van der Waals surface area (Å²) in [5.74, 6) is 0.0457. The van der Waals surface area contributed by atoms with Gasteiger partial charge in [-0.05, 0) is 43.2 Å². The van der Waals surface area contributed by atoms with Crippen molar-refractivity contribution in [2.24, 2.45) is 5.41 Å². The second-order valence-corrected chi connectivity index (χ2v) is 5.92. The van der Waals surface area contributed by atoms with Crippen LogP contribution in [0, 0.1) is 16.7 Å². The predicted molar refractivity (Wildman–Crippen MR) is 65.4 cm³/mol. The van der Waals surface area contributed by atoms with E-state index in [9.17, 15) is 4.79 Å². The number of nitrogens with zero attached hydrogens (tertiary/aromatic N) is 2. The van der Waals surface area contributed by atoms with Gasteiger partial charge >= 0.3 is 0 Å². The van der Waals surface area contributed by atoms with Gasteiger partial charge in [0.05, 0.1) is 12.1 Å². The van der Waals surface area contributed by atoms with Crippen LogP contribution in [-0.4, -0.2) is 17.4 Å². The summed E-state index contributed by atoms with van der Waals surface area (Å²) in [7, 11) is 0. The van der Waals surface area contributed by atoms with Crippen LogP contribution in [0.5, 0.6) is 0 Å². The summed E-state index contributed by atoms with van der Waals surface area (Å²) in [6, 6.07) is 4.43. The normalized spacial score (nSPS) is 24.9. The fourth-order valence-electron chi connectivity index (χ4n) is 2.56. The molecule has 2 heterocycles. The molecule has 0 spiro atoms. The van der Waals surface area contributed by atoms with Crippen LogP contribution < -0.4 is 0 Å². The Hall–Kier alpha value is -1.34. The molecular formula is C13H14N2OS. The lowest BCUT2D eigenvalue weighted by molar-refractivity contribution is -0.137. The maximum absolute atomic E-state index is 12.4. The first-order valence-corrected chi connectivity index (χ1v) is 6.84. The van der Waals surface area contributed by atoms with Gasteiger partial charge in [-0.1, -0.05) is 0 Å². The first kappa shape index (κ1) is 10.8. The molecule has 1 atom stereocenters. The largest absolute Gasteiger partial charge is 0.334 e. The smallest absolute Gasteiger partial charge is 0.243 e. The monoisotopic (exact) mass is 246 g/mol. The fourth-order valence-corrected chi connectivity index (χ4v) is 3.52. The van der Waals surface area contributed by atoms with Gasteiger partial charge in [-0.25, -0.2) is 0 Å². The second-order valence-electron chi connectivity index (χ2n) is 4.92. The first-order chi connectivity index (χ1) is 8.18. The van der Waals surface area contributed by atoms with Crippen molar-refractivity contribution < 1.29 is 4.79 Å². The highest BCUT2D eigenvalue weighted by atomic mass is 32.1. The molecule has 0 N–H and O–H groups in total. The minimum absolute atomic E-state index is 0.0457. The maximum atomic E-state index is 12.4. The van der Waals surface area contributed by atoms with Gasteiger partial charge in [0.2, 0.25) is 5.91 Å². The van der Waals surface area contributed by atoms with Crippen molar-refractivity contribution in [3.63, 3.8) is 0 Å². The Labute approximate surface area is 105 Å². The van der Waals surface area contributed by atoms with Gasteiger partial charge in [-0.3, -0.25) is 4.79 Å². The topological polar surface area (TPSA) is 44.1 Å². The summed E-state index contributed by atoms with van der Waals surface area (Å²) >= 11 is 1.77. The predicted octanol–water partition coefficient (Wildman–Crippen LogP) is 2.50. The number of carbonyl (C=O) groups excluding carboxylic acids is 1. The Morgan fingerprint density at radius 3 is 3.06 bits per heavy atom. The van der Waals surface area contributed by atoms with Gasteiger partial charge < -0.3 is 4.90 Å². The SMILES string of the molecule is CC1c2ccsc2CCN1C(=O)C1(C#N)CC1. The number of hydrogen-bond donors (Lipinski definition) is 0. The summed E-state index contributed by atoms with van der Waals surface area (Å²) in [5.41, 5.74) is 0.588. The van der Waals surface area contributed by atoms with E-state index in [0.717, 1.165) is 25.8 Å². The number of fused-ring (bicyclic) bond motifs is 1. The molecule has 1 unspecified atom stereocenters. The quantitative estimate of drug-likeness (QED) is 0.764. The van der Waals surface area contributed by atoms with Gasteiger partial charge in [-0.2, -0.15) is 5.26 Å². The Kier molecular flexibility index (Phi) is 2.27. The van der Waals surface area contributed by atoms with E-state index in [1.165, 1.54) is 10.4 Å². The summed E-state index contributed by atoms with van der Waals surface area (Å²) in [6.07, 6.45) is 2.41. The average Bonchev–Trinajstić information content (AvgIpc) is 3.00. The number of thiophene rings is 1. The van der Waals surface area contributed by atoms with Gasteiger partial charge in [-0.15, -0.1) is 11.3 Å². The van der Waals surface area contributed by atoms with E-state index < -0.39 is 5.41 Å². The summed E-state index contributed by atoms with van der Waals surface area (Å²) in [6.45, 7) is 2.83. The van der Waals surface area contributed by atoms with E-state index in [1.807, 2.05) is 4.90 Å². The van der Waals surface area contributed by atoms with Gasteiger partial charge in [0.15, 0.2) is 0 Å². The van der Waals surface area contributed by atoms with Crippen LogP contribution in [0.1, 0.15) is 36.2 Å². The number of nitriles is 1. The standard InChI is InChI=1S/C13H14N2OS/c1-9-10-3-7-17-11(10)2-6-15(9)12(16)13(8-14)4-5-13/h3,7,9H,2,4-6H2,1H3. The molecule has 0 bridgehead atoms. The van der Waals surface area contributed by atoms with Crippen LogP contribution in [0.2, 0.25) is 0 Å². The highest BCUT2D eigenvalue weighted by Gasteiger charge is 2.53. The Morgan fingerprint density at radius 2 is 2.41 bits per heavy atom. The zero-order valence-electron chi connectivity index (χ0n) is 9.77. The molecule has 1 aromatic rings. The van der Waals surface area contributed by atoms with Gasteiger partial charge in [0.25, 0.3) is 0 Å². The van der Waals surface area contributed by atoms with Crippen LogP contribution in [0.15, 0.2) is 11.4 Å². The molecule has 17 heavy (non-hydrogen) atoms. The third kappa shape index (κ3) is 1.49. The average molecular weight is 246 g/mol. The molecule has 88 valence electrons. The van der Waals surface area contributed by atoms with Crippen LogP contribution in [0.3, 0.4) is 0 Å². The minimum atomic E-state index is -0.679. The molecule has 1 fully saturated rings. The summed E-state index contributed by atoms with van der Waals surface area (Å²) in [5, 5.41) is 11.2. The minimum Gasteiger partial charge on any atom is -0.334 e. The Morgan fingerprint density at radius 1 is 1.65 bits per heavy atom. The maximum Gasteiger partial charge on any atom is 0.243 e. The summed E-state index contributed by atoms with van der Waals surface area (Å²) in [4.78, 5) is 15.6. The van der Waals surface area contributed by atoms with Gasteiger partial charge in [0, 0.05) is 11.4 Å². The third-order valence-electron chi connectivity index (χ3n) is 3.91. The summed E-state index contributed by atoms with van der Waals surface area (Å²) < 4.78 is 0. The molecule has 0 radical (unpaired) electrons. The van der Waals surface area contributed by atoms with E-state index in [1.54, 1.807) is 11.3 Å². The molecule has 0 aromatic carbocycles. The van der Waals surface area contributed by atoms with Crippen molar-refractivity contribution in [3.8, 4) is 6.07 Å². The molecule has 1 aliphatic carbocycles. The first-order valence-electron chi connectivity index (χ1n) is 5.96.